The van der Waals surface area contributed by atoms with Crippen LogP contribution in [0.25, 0.3) is 0 Å². The molecular formula is C14H19N7O2S. The number of aryl methyl sites for hydroxylation is 1. The van der Waals surface area contributed by atoms with Gasteiger partial charge in [-0.25, -0.2) is 19.9 Å². The molecule has 0 amide bonds. The van der Waals surface area contributed by atoms with Crippen molar-refractivity contribution < 1.29 is 8.42 Å². The van der Waals surface area contributed by atoms with E-state index < -0.39 is 10.2 Å². The van der Waals surface area contributed by atoms with Gasteiger partial charge in [0.05, 0.1) is 5.69 Å². The molecule has 9 nitrogen and oxygen atoms in total. The summed E-state index contributed by atoms with van der Waals surface area (Å²) in [6, 6.07) is 3.55. The van der Waals surface area contributed by atoms with Crippen molar-refractivity contribution in [1.29, 1.82) is 0 Å². The maximum Gasteiger partial charge on any atom is 0.281 e. The lowest BCUT2D eigenvalue weighted by Crippen LogP contribution is -2.52. The van der Waals surface area contributed by atoms with Gasteiger partial charge in [-0.05, 0) is 13.0 Å². The van der Waals surface area contributed by atoms with E-state index in [1.165, 1.54) is 22.7 Å². The van der Waals surface area contributed by atoms with Gasteiger partial charge in [0, 0.05) is 51.6 Å². The van der Waals surface area contributed by atoms with Crippen LogP contribution in [0.5, 0.6) is 0 Å². The van der Waals surface area contributed by atoms with Crippen LogP contribution < -0.4 is 5.32 Å². The number of nitrogens with one attached hydrogen (secondary N) is 1. The van der Waals surface area contributed by atoms with E-state index in [4.69, 9.17) is 0 Å². The lowest BCUT2D eigenvalue weighted by Gasteiger charge is -2.39. The summed E-state index contributed by atoms with van der Waals surface area (Å²) in [6.07, 6.45) is 3.28. The fourth-order valence-corrected chi connectivity index (χ4v) is 3.59. The van der Waals surface area contributed by atoms with Crippen molar-refractivity contribution in [2.24, 2.45) is 0 Å². The van der Waals surface area contributed by atoms with E-state index >= 15 is 0 Å². The van der Waals surface area contributed by atoms with Gasteiger partial charge in [-0.15, -0.1) is 0 Å². The normalized spacial score (nSPS) is 16.2. The monoisotopic (exact) mass is 349 g/mol. The molecular weight excluding hydrogens is 330 g/mol. The van der Waals surface area contributed by atoms with Gasteiger partial charge in [0.1, 0.15) is 11.6 Å². The van der Waals surface area contributed by atoms with Gasteiger partial charge in [-0.1, -0.05) is 0 Å². The molecule has 2 aromatic heterocycles. The van der Waals surface area contributed by atoms with Crippen LogP contribution in [0.1, 0.15) is 17.4 Å². The number of aromatic nitrogens is 4. The topological polar surface area (TPSA) is 104 Å². The second-order valence-electron chi connectivity index (χ2n) is 5.73. The molecule has 0 aliphatic carbocycles. The van der Waals surface area contributed by atoms with Gasteiger partial charge >= 0.3 is 0 Å². The predicted molar refractivity (Wildman–Crippen MR) is 89.0 cm³/mol. The summed E-state index contributed by atoms with van der Waals surface area (Å²) in [5, 5.41) is 3.03. The van der Waals surface area contributed by atoms with Crippen LogP contribution >= 0.6 is 0 Å². The Morgan fingerprint density at radius 1 is 1.21 bits per heavy atom. The third kappa shape index (κ3) is 3.35. The van der Waals surface area contributed by atoms with Crippen molar-refractivity contribution in [1.82, 2.24) is 28.5 Å². The Balaban J connectivity index is 1.74. The number of rotatable bonds is 5. The molecule has 0 unspecified atom stereocenters. The summed E-state index contributed by atoms with van der Waals surface area (Å²) in [6.45, 7) is 2.63. The largest absolute Gasteiger partial charge is 0.309 e. The minimum absolute atomic E-state index is 0.0543. The molecule has 0 aromatic carbocycles. The highest BCUT2D eigenvalue weighted by Crippen LogP contribution is 2.30. The fraction of sp³-hybridized carbons (Fsp3) is 0.429. The quantitative estimate of drug-likeness (QED) is 0.839. The Hall–Kier alpha value is -2.17. The zero-order chi connectivity index (χ0) is 17.3. The van der Waals surface area contributed by atoms with Crippen LogP contribution in [-0.4, -0.2) is 64.1 Å². The summed E-state index contributed by atoms with van der Waals surface area (Å²) in [7, 11) is -0.308. The minimum atomic E-state index is -3.36. The SMILES string of the molecule is Cc1nc(Nc2ncccn2)cc(C2CN(S(=O)(=O)N(C)C)C2)n1. The van der Waals surface area contributed by atoms with E-state index in [-0.39, 0.29) is 5.92 Å². The summed E-state index contributed by atoms with van der Waals surface area (Å²) in [5.74, 6) is 1.71. The molecule has 1 aliphatic rings. The minimum Gasteiger partial charge on any atom is -0.309 e. The van der Waals surface area contributed by atoms with Crippen LogP contribution in [0.2, 0.25) is 0 Å². The standard InChI is InChI=1S/C14H19N7O2S/c1-10-17-12(11-8-21(9-11)24(22,23)20(2)3)7-13(18-10)19-14-15-5-4-6-16-14/h4-7,11H,8-9H2,1-3H3,(H,15,16,17,18,19). The van der Waals surface area contributed by atoms with E-state index in [0.717, 1.165) is 5.69 Å². The first-order valence-corrected chi connectivity index (χ1v) is 8.83. The summed E-state index contributed by atoms with van der Waals surface area (Å²) >= 11 is 0. The van der Waals surface area contributed by atoms with Crippen molar-refractivity contribution >= 4 is 22.0 Å². The molecule has 10 heteroatoms. The van der Waals surface area contributed by atoms with Crippen LogP contribution in [0.4, 0.5) is 11.8 Å². The highest BCUT2D eigenvalue weighted by molar-refractivity contribution is 7.86. The highest BCUT2D eigenvalue weighted by atomic mass is 32.2. The summed E-state index contributed by atoms with van der Waals surface area (Å²) in [5.41, 5.74) is 0.811. The lowest BCUT2D eigenvalue weighted by molar-refractivity contribution is 0.245. The average Bonchev–Trinajstić information content (AvgIpc) is 2.45. The molecule has 1 N–H and O–H groups in total. The summed E-state index contributed by atoms with van der Waals surface area (Å²) in [4.78, 5) is 17.0. The third-order valence-corrected chi connectivity index (χ3v) is 5.59. The molecule has 1 saturated heterocycles. The van der Waals surface area contributed by atoms with Crippen molar-refractivity contribution in [2.45, 2.75) is 12.8 Å². The fourth-order valence-electron chi connectivity index (χ4n) is 2.39. The smallest absolute Gasteiger partial charge is 0.281 e. The van der Waals surface area contributed by atoms with Crippen LogP contribution in [0.15, 0.2) is 24.5 Å². The van der Waals surface area contributed by atoms with Gasteiger partial charge in [-0.3, -0.25) is 0 Å². The van der Waals surface area contributed by atoms with Crippen molar-refractivity contribution in [3.63, 3.8) is 0 Å². The number of anilines is 2. The van der Waals surface area contributed by atoms with Crippen LogP contribution in [0, 0.1) is 6.92 Å². The molecule has 1 fully saturated rings. The van der Waals surface area contributed by atoms with E-state index in [1.807, 2.05) is 6.07 Å². The molecule has 3 rings (SSSR count). The molecule has 0 spiro atoms. The highest BCUT2D eigenvalue weighted by Gasteiger charge is 2.38. The molecule has 128 valence electrons. The van der Waals surface area contributed by atoms with E-state index in [0.29, 0.717) is 30.7 Å². The summed E-state index contributed by atoms with van der Waals surface area (Å²) < 4.78 is 26.8. The predicted octanol–water partition coefficient (Wildman–Crippen LogP) is 0.524. The Bertz CT molecular complexity index is 820. The van der Waals surface area contributed by atoms with Gasteiger partial charge in [-0.2, -0.15) is 17.0 Å². The van der Waals surface area contributed by atoms with Gasteiger partial charge < -0.3 is 5.32 Å². The molecule has 2 aromatic rings. The second-order valence-corrected chi connectivity index (χ2v) is 7.87. The van der Waals surface area contributed by atoms with Gasteiger partial charge in [0.15, 0.2) is 0 Å². The second kappa shape index (κ2) is 6.38. The van der Waals surface area contributed by atoms with E-state index in [2.05, 4.69) is 25.3 Å². The Kier molecular flexibility index (Phi) is 4.43. The lowest BCUT2D eigenvalue weighted by atomic mass is 9.99. The molecule has 3 heterocycles. The number of nitrogens with zero attached hydrogens (tertiary/aromatic N) is 6. The molecule has 0 radical (unpaired) electrons. The first kappa shape index (κ1) is 16.7. The Labute approximate surface area is 141 Å². The number of hydrogen-bond donors (Lipinski definition) is 1. The zero-order valence-electron chi connectivity index (χ0n) is 13.7. The van der Waals surface area contributed by atoms with Gasteiger partial charge in [0.2, 0.25) is 5.95 Å². The first-order valence-electron chi connectivity index (χ1n) is 7.43. The molecule has 24 heavy (non-hydrogen) atoms. The third-order valence-electron chi connectivity index (χ3n) is 3.72. The Morgan fingerprint density at radius 2 is 1.88 bits per heavy atom. The van der Waals surface area contributed by atoms with Crippen molar-refractivity contribution in [3.8, 4) is 0 Å². The van der Waals surface area contributed by atoms with Gasteiger partial charge in [0.25, 0.3) is 10.2 Å². The van der Waals surface area contributed by atoms with Crippen LogP contribution in [-0.2, 0) is 10.2 Å². The maximum atomic E-state index is 12.1. The van der Waals surface area contributed by atoms with E-state index in [9.17, 15) is 8.42 Å². The van der Waals surface area contributed by atoms with Crippen molar-refractivity contribution in [2.75, 3.05) is 32.5 Å². The zero-order valence-corrected chi connectivity index (χ0v) is 14.5. The molecule has 0 atom stereocenters. The van der Waals surface area contributed by atoms with E-state index in [1.54, 1.807) is 25.4 Å². The molecule has 1 aliphatic heterocycles. The number of hydrogen-bond acceptors (Lipinski definition) is 7. The molecule has 0 saturated carbocycles. The van der Waals surface area contributed by atoms with Crippen LogP contribution in [0.3, 0.4) is 0 Å². The first-order chi connectivity index (χ1) is 11.4. The molecule has 0 bridgehead atoms. The van der Waals surface area contributed by atoms with Crippen molar-refractivity contribution in [3.05, 3.63) is 36.0 Å². The maximum absolute atomic E-state index is 12.1. The Morgan fingerprint density at radius 3 is 2.50 bits per heavy atom. The average molecular weight is 349 g/mol.